The maximum atomic E-state index is 12.3. The highest BCUT2D eigenvalue weighted by molar-refractivity contribution is 5.94. The number of hydrogen-bond donors (Lipinski definition) is 1. The predicted octanol–water partition coefficient (Wildman–Crippen LogP) is 2.36. The molecule has 1 aromatic carbocycles. The molecule has 1 atom stereocenters. The van der Waals surface area contributed by atoms with E-state index >= 15 is 0 Å². The fourth-order valence-corrected chi connectivity index (χ4v) is 3.82. The minimum Gasteiger partial charge on any atom is -0.495 e. The van der Waals surface area contributed by atoms with Crippen LogP contribution in [0.25, 0.3) is 0 Å². The number of methoxy groups -OCH3 is 1. The van der Waals surface area contributed by atoms with Crippen molar-refractivity contribution in [2.75, 3.05) is 25.6 Å². The molecule has 1 saturated heterocycles. The van der Waals surface area contributed by atoms with Crippen LogP contribution in [0.1, 0.15) is 38.5 Å². The number of likely N-dealkylation sites (tertiary alicyclic amines) is 1. The van der Waals surface area contributed by atoms with Gasteiger partial charge in [-0.05, 0) is 25.0 Å². The van der Waals surface area contributed by atoms with Gasteiger partial charge in [0.25, 0.3) is 5.91 Å². The van der Waals surface area contributed by atoms with Gasteiger partial charge in [-0.25, -0.2) is 0 Å². The zero-order valence-corrected chi connectivity index (χ0v) is 15.6. The van der Waals surface area contributed by atoms with Gasteiger partial charge >= 0.3 is 5.97 Å². The summed E-state index contributed by atoms with van der Waals surface area (Å²) in [5.41, 5.74) is 0.514. The number of anilines is 1. The highest BCUT2D eigenvalue weighted by Crippen LogP contribution is 2.29. The van der Waals surface area contributed by atoms with Gasteiger partial charge in [0.15, 0.2) is 6.61 Å². The van der Waals surface area contributed by atoms with Crippen molar-refractivity contribution in [2.45, 2.75) is 44.6 Å². The molecule has 1 N–H and O–H groups in total. The number of nitrogens with zero attached hydrogens (tertiary/aromatic N) is 1. The number of ether oxygens (including phenoxy) is 2. The van der Waals surface area contributed by atoms with Crippen molar-refractivity contribution >= 4 is 23.5 Å². The van der Waals surface area contributed by atoms with Crippen LogP contribution >= 0.6 is 0 Å². The van der Waals surface area contributed by atoms with Crippen LogP contribution in [0, 0.1) is 5.92 Å². The summed E-state index contributed by atoms with van der Waals surface area (Å²) in [6.45, 7) is 0.0153. The van der Waals surface area contributed by atoms with E-state index in [9.17, 15) is 14.4 Å². The molecule has 1 aliphatic carbocycles. The first kappa shape index (κ1) is 19.2. The molecule has 0 unspecified atom stereocenters. The fraction of sp³-hybridized carbons (Fsp3) is 0.550. The number of carbonyl (C=O) groups excluding carboxylic acids is 3. The van der Waals surface area contributed by atoms with Crippen molar-refractivity contribution < 1.29 is 23.9 Å². The van der Waals surface area contributed by atoms with Crippen molar-refractivity contribution in [3.05, 3.63) is 24.3 Å². The quantitative estimate of drug-likeness (QED) is 0.773. The summed E-state index contributed by atoms with van der Waals surface area (Å²) in [5.74, 6) is -0.874. The van der Waals surface area contributed by atoms with E-state index < -0.39 is 17.8 Å². The average molecular weight is 374 g/mol. The molecule has 27 heavy (non-hydrogen) atoms. The van der Waals surface area contributed by atoms with Gasteiger partial charge in [-0.15, -0.1) is 0 Å². The molecule has 1 heterocycles. The second kappa shape index (κ2) is 8.88. The molecule has 7 heteroatoms. The summed E-state index contributed by atoms with van der Waals surface area (Å²) >= 11 is 0. The largest absolute Gasteiger partial charge is 0.495 e. The Hall–Kier alpha value is -2.57. The zero-order chi connectivity index (χ0) is 19.2. The van der Waals surface area contributed by atoms with Gasteiger partial charge in [0, 0.05) is 19.0 Å². The van der Waals surface area contributed by atoms with Crippen LogP contribution in [0.3, 0.4) is 0 Å². The van der Waals surface area contributed by atoms with E-state index in [4.69, 9.17) is 9.47 Å². The molecule has 2 fully saturated rings. The summed E-state index contributed by atoms with van der Waals surface area (Å²) < 4.78 is 10.3. The van der Waals surface area contributed by atoms with Gasteiger partial charge < -0.3 is 19.7 Å². The number of amides is 2. The molecule has 2 aliphatic rings. The molecule has 3 rings (SSSR count). The van der Waals surface area contributed by atoms with Crippen LogP contribution in [0.4, 0.5) is 5.69 Å². The molecule has 0 spiro atoms. The summed E-state index contributed by atoms with van der Waals surface area (Å²) in [6.07, 6.45) is 5.66. The van der Waals surface area contributed by atoms with Gasteiger partial charge in [0.05, 0.1) is 18.7 Å². The first-order valence-electron chi connectivity index (χ1n) is 9.47. The average Bonchev–Trinajstić information content (AvgIpc) is 3.09. The smallest absolute Gasteiger partial charge is 0.311 e. The van der Waals surface area contributed by atoms with Crippen molar-refractivity contribution in [2.24, 2.45) is 5.92 Å². The monoisotopic (exact) mass is 374 g/mol. The van der Waals surface area contributed by atoms with Gasteiger partial charge in [0.2, 0.25) is 5.91 Å². The number of carbonyl (C=O) groups is 3. The minimum atomic E-state index is -0.489. The number of rotatable bonds is 6. The summed E-state index contributed by atoms with van der Waals surface area (Å²) in [4.78, 5) is 38.4. The Balaban J connectivity index is 1.47. The molecule has 0 radical (unpaired) electrons. The minimum absolute atomic E-state index is 0.0160. The molecule has 1 aromatic rings. The van der Waals surface area contributed by atoms with Gasteiger partial charge in [0.1, 0.15) is 5.75 Å². The number of esters is 1. The number of nitrogens with one attached hydrogen (secondary N) is 1. The van der Waals surface area contributed by atoms with E-state index in [1.54, 1.807) is 24.3 Å². The van der Waals surface area contributed by atoms with Crippen LogP contribution in [0.5, 0.6) is 5.75 Å². The Kier molecular flexibility index (Phi) is 6.32. The number of benzene rings is 1. The van der Waals surface area contributed by atoms with Crippen LogP contribution in [-0.2, 0) is 19.1 Å². The molecule has 7 nitrogen and oxygen atoms in total. The third-order valence-electron chi connectivity index (χ3n) is 5.23. The summed E-state index contributed by atoms with van der Waals surface area (Å²) in [5, 5.41) is 2.66. The van der Waals surface area contributed by atoms with Crippen LogP contribution < -0.4 is 10.1 Å². The molecule has 1 saturated carbocycles. The molecule has 0 aromatic heterocycles. The molecule has 2 amide bonds. The van der Waals surface area contributed by atoms with Crippen molar-refractivity contribution in [3.63, 3.8) is 0 Å². The van der Waals surface area contributed by atoms with Crippen molar-refractivity contribution in [3.8, 4) is 5.75 Å². The van der Waals surface area contributed by atoms with E-state index in [0.29, 0.717) is 18.0 Å². The third kappa shape index (κ3) is 4.78. The molecular formula is C20H26N2O5. The first-order chi connectivity index (χ1) is 13.1. The fourth-order valence-electron chi connectivity index (χ4n) is 3.82. The summed E-state index contributed by atoms with van der Waals surface area (Å²) in [7, 11) is 1.51. The van der Waals surface area contributed by atoms with E-state index in [1.807, 2.05) is 4.90 Å². The second-order valence-corrected chi connectivity index (χ2v) is 7.10. The van der Waals surface area contributed by atoms with Gasteiger partial charge in [-0.1, -0.05) is 31.4 Å². The van der Waals surface area contributed by atoms with E-state index in [2.05, 4.69) is 5.32 Å². The Morgan fingerprint density at radius 1 is 1.19 bits per heavy atom. The third-order valence-corrected chi connectivity index (χ3v) is 5.23. The predicted molar refractivity (Wildman–Crippen MR) is 99.3 cm³/mol. The molecule has 0 bridgehead atoms. The normalized spacial score (nSPS) is 20.4. The highest BCUT2D eigenvalue weighted by atomic mass is 16.5. The van der Waals surface area contributed by atoms with E-state index in [0.717, 1.165) is 25.7 Å². The second-order valence-electron chi connectivity index (χ2n) is 7.10. The van der Waals surface area contributed by atoms with Crippen LogP contribution in [-0.4, -0.2) is 49.0 Å². The first-order valence-corrected chi connectivity index (χ1v) is 9.47. The standard InChI is InChI=1S/C20H26N2O5/c1-26-17-10-6-5-9-16(17)21-18(23)13-27-20(25)14-11-19(24)22(12-14)15-7-3-2-4-8-15/h5-6,9-10,14-15H,2-4,7-8,11-13H2,1H3,(H,21,23)/t14-/m0/s1. The molecular weight excluding hydrogens is 348 g/mol. The zero-order valence-electron chi connectivity index (χ0n) is 15.6. The van der Waals surface area contributed by atoms with Gasteiger partial charge in [-0.2, -0.15) is 0 Å². The van der Waals surface area contributed by atoms with Crippen LogP contribution in [0.15, 0.2) is 24.3 Å². The lowest BCUT2D eigenvalue weighted by atomic mass is 9.94. The Bertz CT molecular complexity index is 699. The van der Waals surface area contributed by atoms with E-state index in [-0.39, 0.29) is 25.0 Å². The SMILES string of the molecule is COc1ccccc1NC(=O)COC(=O)[C@H]1CC(=O)N(C2CCCCC2)C1. The lowest BCUT2D eigenvalue weighted by molar-refractivity contribution is -0.151. The number of hydrogen-bond acceptors (Lipinski definition) is 5. The van der Waals surface area contributed by atoms with Crippen molar-refractivity contribution in [1.82, 2.24) is 4.90 Å². The number of para-hydroxylation sites is 2. The van der Waals surface area contributed by atoms with E-state index in [1.165, 1.54) is 13.5 Å². The van der Waals surface area contributed by atoms with Crippen molar-refractivity contribution in [1.29, 1.82) is 0 Å². The maximum absolute atomic E-state index is 12.3. The van der Waals surface area contributed by atoms with Crippen LogP contribution in [0.2, 0.25) is 0 Å². The maximum Gasteiger partial charge on any atom is 0.311 e. The topological polar surface area (TPSA) is 84.9 Å². The molecule has 146 valence electrons. The lowest BCUT2D eigenvalue weighted by Gasteiger charge is -2.31. The highest BCUT2D eigenvalue weighted by Gasteiger charge is 2.39. The van der Waals surface area contributed by atoms with Gasteiger partial charge in [-0.3, -0.25) is 14.4 Å². The Labute approximate surface area is 159 Å². The lowest BCUT2D eigenvalue weighted by Crippen LogP contribution is -2.38. The Morgan fingerprint density at radius 3 is 2.67 bits per heavy atom. The Morgan fingerprint density at radius 2 is 1.93 bits per heavy atom. The summed E-state index contributed by atoms with van der Waals surface area (Å²) in [6, 6.07) is 7.25. The molecule has 1 aliphatic heterocycles.